The summed E-state index contributed by atoms with van der Waals surface area (Å²) in [6.45, 7) is 0. The van der Waals surface area contributed by atoms with Crippen molar-refractivity contribution in [1.29, 1.82) is 0 Å². The van der Waals surface area contributed by atoms with E-state index in [9.17, 15) is 4.79 Å². The molecule has 2 rings (SSSR count). The van der Waals surface area contributed by atoms with Crippen molar-refractivity contribution in [3.8, 4) is 0 Å². The van der Waals surface area contributed by atoms with Crippen molar-refractivity contribution in [2.24, 2.45) is 0 Å². The highest BCUT2D eigenvalue weighted by atomic mass is 79.9. The molecule has 0 unspecified atom stereocenters. The Kier molecular flexibility index (Phi) is 4.91. The molecule has 0 atom stereocenters. The number of carbonyl (C=O) groups is 1. The quantitative estimate of drug-likeness (QED) is 0.720. The number of ether oxygens (including phenoxy) is 1. The first-order valence-corrected chi connectivity index (χ1v) is 7.40. The molecule has 2 nitrogen and oxygen atoms in total. The standard InChI is InChI=1S/C14H10BrClO2S/c1-18-14(17)12-8-11(6-7-13(12)16)19-10-4-2-9(15)3-5-10/h2-8H,1H3. The number of methoxy groups -OCH3 is 1. The molecule has 0 fully saturated rings. The predicted molar refractivity (Wildman–Crippen MR) is 81.1 cm³/mol. The van der Waals surface area contributed by atoms with Gasteiger partial charge in [0.15, 0.2) is 0 Å². The number of benzene rings is 2. The van der Waals surface area contributed by atoms with Crippen LogP contribution in [0, 0.1) is 0 Å². The van der Waals surface area contributed by atoms with Gasteiger partial charge in [0.2, 0.25) is 0 Å². The number of hydrogen-bond acceptors (Lipinski definition) is 3. The van der Waals surface area contributed by atoms with Gasteiger partial charge in [-0.25, -0.2) is 4.79 Å². The molecule has 0 saturated carbocycles. The lowest BCUT2D eigenvalue weighted by Gasteiger charge is -2.06. The van der Waals surface area contributed by atoms with Crippen LogP contribution < -0.4 is 0 Å². The fraction of sp³-hybridized carbons (Fsp3) is 0.0714. The fourth-order valence-corrected chi connectivity index (χ4v) is 2.79. The topological polar surface area (TPSA) is 26.3 Å². The van der Waals surface area contributed by atoms with Crippen LogP contribution in [0.5, 0.6) is 0 Å². The van der Waals surface area contributed by atoms with E-state index < -0.39 is 5.97 Å². The molecule has 0 N–H and O–H groups in total. The zero-order valence-electron chi connectivity index (χ0n) is 10.0. The molecule has 0 radical (unpaired) electrons. The molecule has 19 heavy (non-hydrogen) atoms. The first-order valence-electron chi connectivity index (χ1n) is 5.41. The van der Waals surface area contributed by atoms with Crippen LogP contribution in [0.3, 0.4) is 0 Å². The zero-order chi connectivity index (χ0) is 13.8. The van der Waals surface area contributed by atoms with E-state index in [1.807, 2.05) is 30.3 Å². The minimum absolute atomic E-state index is 0.381. The molecule has 0 spiro atoms. The molecule has 2 aromatic rings. The van der Waals surface area contributed by atoms with Gasteiger partial charge >= 0.3 is 5.97 Å². The van der Waals surface area contributed by atoms with Crippen LogP contribution in [-0.2, 0) is 4.74 Å². The average Bonchev–Trinajstić information content (AvgIpc) is 2.42. The Bertz CT molecular complexity index is 599. The molecule has 0 aliphatic rings. The van der Waals surface area contributed by atoms with Gasteiger partial charge in [-0.15, -0.1) is 0 Å². The van der Waals surface area contributed by atoms with Crippen LogP contribution in [0.4, 0.5) is 0 Å². The summed E-state index contributed by atoms with van der Waals surface area (Å²) in [6.07, 6.45) is 0. The van der Waals surface area contributed by atoms with Crippen LogP contribution in [0.2, 0.25) is 5.02 Å². The van der Waals surface area contributed by atoms with E-state index in [0.717, 1.165) is 14.3 Å². The number of halogens is 2. The van der Waals surface area contributed by atoms with Gasteiger partial charge in [0.05, 0.1) is 17.7 Å². The van der Waals surface area contributed by atoms with Gasteiger partial charge in [-0.2, -0.15) is 0 Å². The van der Waals surface area contributed by atoms with Crippen molar-refractivity contribution in [2.45, 2.75) is 9.79 Å². The van der Waals surface area contributed by atoms with Gasteiger partial charge in [-0.3, -0.25) is 0 Å². The number of hydrogen-bond donors (Lipinski definition) is 0. The van der Waals surface area contributed by atoms with Crippen LogP contribution in [-0.4, -0.2) is 13.1 Å². The van der Waals surface area contributed by atoms with Crippen LogP contribution >= 0.6 is 39.3 Å². The molecule has 0 amide bonds. The van der Waals surface area contributed by atoms with E-state index in [2.05, 4.69) is 15.9 Å². The Morgan fingerprint density at radius 3 is 2.42 bits per heavy atom. The maximum atomic E-state index is 11.6. The summed E-state index contributed by atoms with van der Waals surface area (Å²) in [5, 5.41) is 0.395. The predicted octanol–water partition coefficient (Wildman–Crippen LogP) is 5.04. The second kappa shape index (κ2) is 6.46. The van der Waals surface area contributed by atoms with E-state index in [1.54, 1.807) is 23.9 Å². The monoisotopic (exact) mass is 356 g/mol. The van der Waals surface area contributed by atoms with E-state index in [4.69, 9.17) is 16.3 Å². The minimum Gasteiger partial charge on any atom is -0.465 e. The van der Waals surface area contributed by atoms with Crippen molar-refractivity contribution in [1.82, 2.24) is 0 Å². The summed E-state index contributed by atoms with van der Waals surface area (Å²) in [4.78, 5) is 13.6. The molecule has 0 aliphatic carbocycles. The third kappa shape index (κ3) is 3.75. The van der Waals surface area contributed by atoms with Gasteiger partial charge in [0.1, 0.15) is 0 Å². The van der Waals surface area contributed by atoms with Crippen molar-refractivity contribution >= 4 is 45.3 Å². The van der Waals surface area contributed by atoms with Gasteiger partial charge in [0, 0.05) is 14.3 Å². The highest BCUT2D eigenvalue weighted by molar-refractivity contribution is 9.10. The van der Waals surface area contributed by atoms with Crippen molar-refractivity contribution < 1.29 is 9.53 Å². The second-order valence-electron chi connectivity index (χ2n) is 3.69. The highest BCUT2D eigenvalue weighted by Gasteiger charge is 2.11. The summed E-state index contributed by atoms with van der Waals surface area (Å²) in [6, 6.07) is 13.3. The van der Waals surface area contributed by atoms with Gasteiger partial charge in [-0.1, -0.05) is 39.3 Å². The molecule has 0 aliphatic heterocycles. The largest absolute Gasteiger partial charge is 0.465 e. The van der Waals surface area contributed by atoms with E-state index in [0.29, 0.717) is 10.6 Å². The van der Waals surface area contributed by atoms with Gasteiger partial charge in [-0.05, 0) is 42.5 Å². The van der Waals surface area contributed by atoms with Crippen LogP contribution in [0.15, 0.2) is 56.7 Å². The Balaban J connectivity index is 2.26. The van der Waals surface area contributed by atoms with Crippen molar-refractivity contribution in [2.75, 3.05) is 7.11 Å². The molecule has 0 aromatic heterocycles. The fourth-order valence-electron chi connectivity index (χ4n) is 1.47. The van der Waals surface area contributed by atoms with Crippen molar-refractivity contribution in [3.63, 3.8) is 0 Å². The summed E-state index contributed by atoms with van der Waals surface area (Å²) >= 11 is 10.9. The Morgan fingerprint density at radius 1 is 1.16 bits per heavy atom. The summed E-state index contributed by atoms with van der Waals surface area (Å²) in [5.74, 6) is -0.428. The number of carbonyl (C=O) groups excluding carboxylic acids is 1. The molecule has 98 valence electrons. The molecular weight excluding hydrogens is 348 g/mol. The maximum absolute atomic E-state index is 11.6. The second-order valence-corrected chi connectivity index (χ2v) is 6.16. The van der Waals surface area contributed by atoms with E-state index >= 15 is 0 Å². The zero-order valence-corrected chi connectivity index (χ0v) is 13.2. The van der Waals surface area contributed by atoms with Crippen LogP contribution in [0.1, 0.15) is 10.4 Å². The normalized spacial score (nSPS) is 10.3. The Morgan fingerprint density at radius 2 is 1.79 bits per heavy atom. The minimum atomic E-state index is -0.428. The number of esters is 1. The Hall–Kier alpha value is -0.970. The molecule has 0 saturated heterocycles. The van der Waals surface area contributed by atoms with Crippen molar-refractivity contribution in [3.05, 3.63) is 57.5 Å². The SMILES string of the molecule is COC(=O)c1cc(Sc2ccc(Br)cc2)ccc1Cl. The number of rotatable bonds is 3. The molecular formula is C14H10BrClO2S. The lowest BCUT2D eigenvalue weighted by molar-refractivity contribution is 0.0600. The molecule has 0 bridgehead atoms. The van der Waals surface area contributed by atoms with E-state index in [-0.39, 0.29) is 0 Å². The first-order chi connectivity index (χ1) is 9.10. The third-order valence-corrected chi connectivity index (χ3v) is 4.25. The van der Waals surface area contributed by atoms with Gasteiger partial charge < -0.3 is 4.74 Å². The maximum Gasteiger partial charge on any atom is 0.339 e. The van der Waals surface area contributed by atoms with Gasteiger partial charge in [0.25, 0.3) is 0 Å². The lowest BCUT2D eigenvalue weighted by Crippen LogP contribution is -2.01. The molecule has 5 heteroatoms. The first kappa shape index (κ1) is 14.4. The summed E-state index contributed by atoms with van der Waals surface area (Å²) < 4.78 is 5.73. The third-order valence-electron chi connectivity index (χ3n) is 2.39. The molecule has 2 aromatic carbocycles. The summed E-state index contributed by atoms with van der Waals surface area (Å²) in [7, 11) is 1.34. The highest BCUT2D eigenvalue weighted by Crippen LogP contribution is 2.31. The van der Waals surface area contributed by atoms with E-state index in [1.165, 1.54) is 7.11 Å². The summed E-state index contributed by atoms with van der Waals surface area (Å²) in [5.41, 5.74) is 0.381. The lowest BCUT2D eigenvalue weighted by atomic mass is 10.2. The van der Waals surface area contributed by atoms with Crippen LogP contribution in [0.25, 0.3) is 0 Å². The smallest absolute Gasteiger partial charge is 0.339 e. The Labute approximate surface area is 129 Å². The molecule has 0 heterocycles. The average molecular weight is 358 g/mol.